The zero-order valence-electron chi connectivity index (χ0n) is 19.4. The van der Waals surface area contributed by atoms with Gasteiger partial charge < -0.3 is 15.2 Å². The summed E-state index contributed by atoms with van der Waals surface area (Å²) >= 11 is 0. The number of fused-ring (bicyclic) bond motifs is 2. The van der Waals surface area contributed by atoms with Crippen molar-refractivity contribution in [1.29, 1.82) is 0 Å². The number of nitrogens with one attached hydrogen (secondary N) is 2. The first kappa shape index (κ1) is 22.0. The van der Waals surface area contributed by atoms with Crippen LogP contribution in [0.25, 0.3) is 10.9 Å². The maximum atomic E-state index is 13.0. The van der Waals surface area contributed by atoms with Gasteiger partial charge in [-0.2, -0.15) is 5.06 Å². The molecule has 0 saturated carbocycles. The number of nitrogens with zero attached hydrogens (tertiary/aromatic N) is 2. The SMILES string of the molecule is CCON(C(=O)Nc1ccc2[nH]cc(C3CCC4CCCCN4CC3)c2c1)c1ccccc1. The van der Waals surface area contributed by atoms with E-state index in [1.165, 1.54) is 67.6 Å². The van der Waals surface area contributed by atoms with Crippen molar-refractivity contribution in [3.05, 3.63) is 60.3 Å². The van der Waals surface area contributed by atoms with E-state index in [4.69, 9.17) is 4.84 Å². The van der Waals surface area contributed by atoms with Crippen LogP contribution < -0.4 is 10.4 Å². The smallest absolute Gasteiger partial charge is 0.350 e. The third-order valence-corrected chi connectivity index (χ3v) is 7.20. The Morgan fingerprint density at radius 2 is 1.97 bits per heavy atom. The second kappa shape index (κ2) is 9.98. The van der Waals surface area contributed by atoms with E-state index in [-0.39, 0.29) is 6.03 Å². The lowest BCUT2D eigenvalue weighted by molar-refractivity contribution is 0.132. The number of benzene rings is 2. The molecule has 6 heteroatoms. The number of urea groups is 1. The van der Waals surface area contributed by atoms with E-state index < -0.39 is 0 Å². The fourth-order valence-electron chi connectivity index (χ4n) is 5.53. The molecule has 0 aliphatic carbocycles. The van der Waals surface area contributed by atoms with Gasteiger partial charge in [-0.25, -0.2) is 4.79 Å². The number of carbonyl (C=O) groups is 1. The molecular formula is C27H34N4O2. The van der Waals surface area contributed by atoms with Gasteiger partial charge in [0.2, 0.25) is 0 Å². The Morgan fingerprint density at radius 3 is 2.82 bits per heavy atom. The number of hydroxylamine groups is 1. The summed E-state index contributed by atoms with van der Waals surface area (Å²) in [7, 11) is 0. The van der Waals surface area contributed by atoms with E-state index in [0.717, 1.165) is 17.2 Å². The zero-order chi connectivity index (χ0) is 22.6. The molecule has 0 bridgehead atoms. The molecule has 33 heavy (non-hydrogen) atoms. The number of aromatic nitrogens is 1. The van der Waals surface area contributed by atoms with Crippen molar-refractivity contribution in [2.24, 2.45) is 0 Å². The summed E-state index contributed by atoms with van der Waals surface area (Å²) < 4.78 is 0. The van der Waals surface area contributed by atoms with Gasteiger partial charge in [0.25, 0.3) is 0 Å². The lowest BCUT2D eigenvalue weighted by Gasteiger charge is -2.33. The highest BCUT2D eigenvalue weighted by molar-refractivity contribution is 6.01. The number of rotatable bonds is 5. The monoisotopic (exact) mass is 446 g/mol. The fourth-order valence-corrected chi connectivity index (χ4v) is 5.53. The van der Waals surface area contributed by atoms with Crippen LogP contribution in [-0.4, -0.2) is 41.7 Å². The largest absolute Gasteiger partial charge is 0.361 e. The minimum Gasteiger partial charge on any atom is -0.361 e. The van der Waals surface area contributed by atoms with Crippen LogP contribution >= 0.6 is 0 Å². The van der Waals surface area contributed by atoms with E-state index in [1.807, 2.05) is 43.3 Å². The van der Waals surface area contributed by atoms with Gasteiger partial charge in [0.15, 0.2) is 0 Å². The van der Waals surface area contributed by atoms with Gasteiger partial charge in [0.05, 0.1) is 12.3 Å². The summed E-state index contributed by atoms with van der Waals surface area (Å²) in [5.74, 6) is 0.555. The van der Waals surface area contributed by atoms with Crippen LogP contribution in [0.2, 0.25) is 0 Å². The van der Waals surface area contributed by atoms with Crippen LogP contribution in [0.1, 0.15) is 56.9 Å². The number of amides is 2. The van der Waals surface area contributed by atoms with Crippen molar-refractivity contribution in [3.63, 3.8) is 0 Å². The minimum atomic E-state index is -0.300. The predicted octanol–water partition coefficient (Wildman–Crippen LogP) is 6.28. The molecule has 0 radical (unpaired) electrons. The molecule has 3 aromatic rings. The molecule has 2 aromatic carbocycles. The number of anilines is 2. The number of H-pyrrole nitrogens is 1. The third-order valence-electron chi connectivity index (χ3n) is 7.20. The third kappa shape index (κ3) is 4.77. The fraction of sp³-hybridized carbons (Fsp3) is 0.444. The molecule has 2 aliphatic heterocycles. The molecule has 6 nitrogen and oxygen atoms in total. The zero-order valence-corrected chi connectivity index (χ0v) is 19.4. The van der Waals surface area contributed by atoms with E-state index in [2.05, 4.69) is 33.5 Å². The van der Waals surface area contributed by atoms with Crippen molar-refractivity contribution < 1.29 is 9.63 Å². The molecule has 5 rings (SSSR count). The second-order valence-electron chi connectivity index (χ2n) is 9.23. The van der Waals surface area contributed by atoms with Crippen molar-refractivity contribution >= 4 is 28.3 Å². The van der Waals surface area contributed by atoms with Crippen LogP contribution in [0.3, 0.4) is 0 Å². The molecule has 2 N–H and O–H groups in total. The van der Waals surface area contributed by atoms with Gasteiger partial charge in [-0.15, -0.1) is 0 Å². The molecule has 1 aromatic heterocycles. The number of carbonyl (C=O) groups excluding carboxylic acids is 1. The summed E-state index contributed by atoms with van der Waals surface area (Å²) in [4.78, 5) is 24.8. The Kier molecular flexibility index (Phi) is 6.65. The van der Waals surface area contributed by atoms with Gasteiger partial charge in [-0.05, 0) is 93.9 Å². The predicted molar refractivity (Wildman–Crippen MR) is 134 cm³/mol. The Bertz CT molecular complexity index is 1060. The average molecular weight is 447 g/mol. The summed E-state index contributed by atoms with van der Waals surface area (Å²) in [6.07, 6.45) is 9.98. The van der Waals surface area contributed by atoms with Gasteiger partial charge in [-0.1, -0.05) is 24.6 Å². The first-order valence-corrected chi connectivity index (χ1v) is 12.4. The number of para-hydroxylation sites is 1. The molecule has 2 amide bonds. The molecule has 2 fully saturated rings. The first-order chi connectivity index (χ1) is 16.2. The van der Waals surface area contributed by atoms with E-state index >= 15 is 0 Å². The Labute approximate surface area is 195 Å². The van der Waals surface area contributed by atoms with E-state index in [0.29, 0.717) is 18.2 Å². The van der Waals surface area contributed by atoms with Crippen molar-refractivity contribution in [2.75, 3.05) is 30.1 Å². The topological polar surface area (TPSA) is 60.6 Å². The minimum absolute atomic E-state index is 0.300. The molecular weight excluding hydrogens is 412 g/mol. The van der Waals surface area contributed by atoms with Crippen LogP contribution in [-0.2, 0) is 4.84 Å². The summed E-state index contributed by atoms with van der Waals surface area (Å²) in [5.41, 5.74) is 3.98. The second-order valence-corrected chi connectivity index (χ2v) is 9.23. The Balaban J connectivity index is 1.35. The van der Waals surface area contributed by atoms with Crippen LogP contribution in [0.15, 0.2) is 54.7 Å². The molecule has 3 heterocycles. The molecule has 2 atom stereocenters. The average Bonchev–Trinajstić information content (AvgIpc) is 3.14. The quantitative estimate of drug-likeness (QED) is 0.454. The molecule has 2 saturated heterocycles. The molecule has 0 spiro atoms. The first-order valence-electron chi connectivity index (χ1n) is 12.4. The number of aromatic amines is 1. The van der Waals surface area contributed by atoms with E-state index in [9.17, 15) is 4.79 Å². The van der Waals surface area contributed by atoms with Gasteiger partial charge in [0, 0.05) is 28.8 Å². The van der Waals surface area contributed by atoms with Crippen LogP contribution in [0, 0.1) is 0 Å². The van der Waals surface area contributed by atoms with Crippen LogP contribution in [0.5, 0.6) is 0 Å². The van der Waals surface area contributed by atoms with Gasteiger partial charge >= 0.3 is 6.03 Å². The molecule has 2 aliphatic rings. The number of piperidine rings is 1. The van der Waals surface area contributed by atoms with Crippen molar-refractivity contribution in [1.82, 2.24) is 9.88 Å². The molecule has 2 unspecified atom stereocenters. The molecule has 174 valence electrons. The van der Waals surface area contributed by atoms with Gasteiger partial charge in [0.1, 0.15) is 0 Å². The lowest BCUT2D eigenvalue weighted by atomic mass is 9.90. The highest BCUT2D eigenvalue weighted by Gasteiger charge is 2.28. The lowest BCUT2D eigenvalue weighted by Crippen LogP contribution is -2.38. The normalized spacial score (nSPS) is 21.4. The summed E-state index contributed by atoms with van der Waals surface area (Å²) in [5, 5.41) is 5.56. The van der Waals surface area contributed by atoms with E-state index in [1.54, 1.807) is 0 Å². The Hall–Kier alpha value is -2.83. The summed E-state index contributed by atoms with van der Waals surface area (Å²) in [6, 6.07) is 16.0. The standard InChI is InChI=1S/C27H34N4O2/c1-2-33-31(23-9-4-3-5-10-23)27(32)29-21-12-14-26-24(18-21)25(19-28-26)20-11-13-22-8-6-7-16-30(22)17-15-20/h3-5,9-10,12,14,18-20,22,28H,2,6-8,11,13,15-17H2,1H3,(H,29,32). The maximum Gasteiger partial charge on any atom is 0.350 e. The van der Waals surface area contributed by atoms with Crippen LogP contribution in [0.4, 0.5) is 16.2 Å². The summed E-state index contributed by atoms with van der Waals surface area (Å²) in [6.45, 7) is 4.74. The number of hydrogen-bond donors (Lipinski definition) is 2. The highest BCUT2D eigenvalue weighted by atomic mass is 16.7. The Morgan fingerprint density at radius 1 is 1.09 bits per heavy atom. The van der Waals surface area contributed by atoms with Crippen molar-refractivity contribution in [2.45, 2.75) is 57.4 Å². The highest BCUT2D eigenvalue weighted by Crippen LogP contribution is 2.37. The number of hydrogen-bond acceptors (Lipinski definition) is 3. The maximum absolute atomic E-state index is 13.0. The van der Waals surface area contributed by atoms with Gasteiger partial charge in [-0.3, -0.25) is 4.84 Å². The van der Waals surface area contributed by atoms with Crippen molar-refractivity contribution in [3.8, 4) is 0 Å².